The van der Waals surface area contributed by atoms with Crippen molar-refractivity contribution >= 4 is 0 Å². The molecule has 1 aliphatic carbocycles. The summed E-state index contributed by atoms with van der Waals surface area (Å²) in [5, 5.41) is 3.49. The van der Waals surface area contributed by atoms with E-state index in [4.69, 9.17) is 0 Å². The Morgan fingerprint density at radius 1 is 1.38 bits per heavy atom. The second kappa shape index (κ2) is 6.57. The van der Waals surface area contributed by atoms with Gasteiger partial charge >= 0.3 is 0 Å². The third-order valence-electron chi connectivity index (χ3n) is 3.34. The fraction of sp³-hybridized carbons (Fsp3) is 0.600. The predicted octanol–water partition coefficient (Wildman–Crippen LogP) is 4.19. The van der Waals surface area contributed by atoms with Crippen molar-refractivity contribution in [2.45, 2.75) is 52.0 Å². The summed E-state index contributed by atoms with van der Waals surface area (Å²) in [4.78, 5) is 0. The Morgan fingerprint density at radius 2 is 2.06 bits per heavy atom. The molecule has 1 heteroatoms. The lowest BCUT2D eigenvalue weighted by atomic mass is 9.77. The highest BCUT2D eigenvalue weighted by Crippen LogP contribution is 2.32. The van der Waals surface area contributed by atoms with Gasteiger partial charge in [-0.1, -0.05) is 45.1 Å². The molecular formula is C15H25N. The zero-order valence-electron chi connectivity index (χ0n) is 10.8. The van der Waals surface area contributed by atoms with Crippen LogP contribution in [0.4, 0.5) is 0 Å². The molecule has 1 fully saturated rings. The van der Waals surface area contributed by atoms with Crippen molar-refractivity contribution in [1.82, 2.24) is 5.32 Å². The fourth-order valence-electron chi connectivity index (χ4n) is 2.23. The summed E-state index contributed by atoms with van der Waals surface area (Å²) in [5.41, 5.74) is 2.13. The average Bonchev–Trinajstić information content (AvgIpc) is 2.22. The molecule has 0 saturated heterocycles. The standard InChI is InChI=1S/C15H25N/c1-5-7-9-12(3)13(4)16-15-10-14(11-15)8-6-2/h5,7,14-16H,3-4,6,8-11H2,1-2H3/b7-5-. The van der Waals surface area contributed by atoms with Crippen molar-refractivity contribution in [1.29, 1.82) is 0 Å². The van der Waals surface area contributed by atoms with Crippen LogP contribution in [0.15, 0.2) is 36.6 Å². The van der Waals surface area contributed by atoms with Gasteiger partial charge in [-0.05, 0) is 37.7 Å². The van der Waals surface area contributed by atoms with E-state index >= 15 is 0 Å². The van der Waals surface area contributed by atoms with E-state index in [9.17, 15) is 0 Å². The molecule has 0 spiro atoms. The highest BCUT2D eigenvalue weighted by Gasteiger charge is 2.28. The molecule has 1 rings (SSSR count). The van der Waals surface area contributed by atoms with Crippen LogP contribution in [0.25, 0.3) is 0 Å². The van der Waals surface area contributed by atoms with Crippen LogP contribution >= 0.6 is 0 Å². The Kier molecular flexibility index (Phi) is 5.37. The molecule has 0 atom stereocenters. The van der Waals surface area contributed by atoms with E-state index in [1.165, 1.54) is 25.7 Å². The Hall–Kier alpha value is -0.980. The summed E-state index contributed by atoms with van der Waals surface area (Å²) in [5.74, 6) is 0.944. The quantitative estimate of drug-likeness (QED) is 0.500. The van der Waals surface area contributed by atoms with E-state index in [0.29, 0.717) is 6.04 Å². The maximum atomic E-state index is 4.06. The van der Waals surface area contributed by atoms with Crippen molar-refractivity contribution in [3.63, 3.8) is 0 Å². The Morgan fingerprint density at radius 3 is 2.62 bits per heavy atom. The van der Waals surface area contributed by atoms with E-state index in [1.807, 2.05) is 6.92 Å². The molecule has 0 bridgehead atoms. The summed E-state index contributed by atoms with van der Waals surface area (Å²) in [6, 6.07) is 0.645. The minimum absolute atomic E-state index is 0.645. The molecular weight excluding hydrogens is 194 g/mol. The van der Waals surface area contributed by atoms with E-state index in [1.54, 1.807) is 0 Å². The van der Waals surface area contributed by atoms with Gasteiger partial charge in [0.15, 0.2) is 0 Å². The number of allylic oxidation sites excluding steroid dienone is 3. The molecule has 0 heterocycles. The monoisotopic (exact) mass is 219 g/mol. The van der Waals surface area contributed by atoms with Crippen LogP contribution in [0.3, 0.4) is 0 Å². The van der Waals surface area contributed by atoms with Crippen LogP contribution < -0.4 is 5.32 Å². The Balaban J connectivity index is 2.19. The lowest BCUT2D eigenvalue weighted by Crippen LogP contribution is -2.40. The Labute approximate surface area is 100 Å². The lowest BCUT2D eigenvalue weighted by molar-refractivity contribution is 0.221. The van der Waals surface area contributed by atoms with Crippen LogP contribution in [-0.2, 0) is 0 Å². The third kappa shape index (κ3) is 3.88. The highest BCUT2D eigenvalue weighted by molar-refractivity contribution is 5.26. The first-order valence-electron chi connectivity index (χ1n) is 6.42. The SMILES string of the molecule is C=C(C/C=C\C)C(=C)NC1CC(CCC)C1. The van der Waals surface area contributed by atoms with Gasteiger partial charge in [0.25, 0.3) is 0 Å². The smallest absolute Gasteiger partial charge is 0.0299 e. The van der Waals surface area contributed by atoms with Gasteiger partial charge in [-0.2, -0.15) is 0 Å². The Bertz CT molecular complexity index is 269. The molecule has 1 aliphatic rings. The molecule has 1 nitrogen and oxygen atoms in total. The van der Waals surface area contributed by atoms with Gasteiger partial charge in [0, 0.05) is 11.7 Å². The van der Waals surface area contributed by atoms with Crippen molar-refractivity contribution in [2.75, 3.05) is 0 Å². The molecule has 90 valence electrons. The van der Waals surface area contributed by atoms with Gasteiger partial charge in [0.1, 0.15) is 0 Å². The van der Waals surface area contributed by atoms with Crippen molar-refractivity contribution in [2.24, 2.45) is 5.92 Å². The highest BCUT2D eigenvalue weighted by atomic mass is 14.9. The van der Waals surface area contributed by atoms with Gasteiger partial charge in [0.2, 0.25) is 0 Å². The minimum atomic E-state index is 0.645. The molecule has 0 aliphatic heterocycles. The van der Waals surface area contributed by atoms with Crippen LogP contribution in [0.2, 0.25) is 0 Å². The molecule has 16 heavy (non-hydrogen) atoms. The van der Waals surface area contributed by atoms with E-state index in [-0.39, 0.29) is 0 Å². The zero-order chi connectivity index (χ0) is 12.0. The van der Waals surface area contributed by atoms with Crippen molar-refractivity contribution in [3.05, 3.63) is 36.6 Å². The second-order valence-corrected chi connectivity index (χ2v) is 4.82. The normalized spacial score (nSPS) is 24.1. The summed E-state index contributed by atoms with van der Waals surface area (Å²) in [6.07, 6.45) is 10.4. The number of hydrogen-bond donors (Lipinski definition) is 1. The predicted molar refractivity (Wildman–Crippen MR) is 72.3 cm³/mol. The topological polar surface area (TPSA) is 12.0 Å². The molecule has 0 amide bonds. The molecule has 1 N–H and O–H groups in total. The largest absolute Gasteiger partial charge is 0.383 e. The van der Waals surface area contributed by atoms with E-state index < -0.39 is 0 Å². The average molecular weight is 219 g/mol. The van der Waals surface area contributed by atoms with Gasteiger partial charge < -0.3 is 5.32 Å². The third-order valence-corrected chi connectivity index (χ3v) is 3.34. The first-order chi connectivity index (χ1) is 7.67. The van der Waals surface area contributed by atoms with E-state index in [0.717, 1.165) is 23.6 Å². The van der Waals surface area contributed by atoms with Crippen LogP contribution in [0, 0.1) is 5.92 Å². The summed E-state index contributed by atoms with van der Waals surface area (Å²) < 4.78 is 0. The van der Waals surface area contributed by atoms with Crippen molar-refractivity contribution in [3.8, 4) is 0 Å². The van der Waals surface area contributed by atoms with Gasteiger partial charge in [-0.15, -0.1) is 0 Å². The first-order valence-corrected chi connectivity index (χ1v) is 6.42. The molecule has 0 unspecified atom stereocenters. The zero-order valence-corrected chi connectivity index (χ0v) is 10.8. The molecule has 0 radical (unpaired) electrons. The lowest BCUT2D eigenvalue weighted by Gasteiger charge is -2.37. The summed E-state index contributed by atoms with van der Waals surface area (Å²) >= 11 is 0. The first kappa shape index (κ1) is 13.1. The number of hydrogen-bond acceptors (Lipinski definition) is 1. The van der Waals surface area contributed by atoms with E-state index in [2.05, 4.69) is 37.6 Å². The molecule has 0 aromatic heterocycles. The minimum Gasteiger partial charge on any atom is -0.383 e. The maximum absolute atomic E-state index is 4.06. The van der Waals surface area contributed by atoms with Gasteiger partial charge in [-0.25, -0.2) is 0 Å². The number of rotatable bonds is 7. The molecule has 0 aromatic rings. The summed E-state index contributed by atoms with van der Waals surface area (Å²) in [7, 11) is 0. The van der Waals surface area contributed by atoms with Crippen LogP contribution in [-0.4, -0.2) is 6.04 Å². The van der Waals surface area contributed by atoms with Gasteiger partial charge in [0.05, 0.1) is 0 Å². The maximum Gasteiger partial charge on any atom is 0.0299 e. The molecule has 1 saturated carbocycles. The van der Waals surface area contributed by atoms with Crippen LogP contribution in [0.5, 0.6) is 0 Å². The van der Waals surface area contributed by atoms with Gasteiger partial charge in [-0.3, -0.25) is 0 Å². The molecule has 0 aromatic carbocycles. The van der Waals surface area contributed by atoms with Crippen LogP contribution in [0.1, 0.15) is 46.0 Å². The number of nitrogens with one attached hydrogen (secondary N) is 1. The van der Waals surface area contributed by atoms with Crippen molar-refractivity contribution < 1.29 is 0 Å². The second-order valence-electron chi connectivity index (χ2n) is 4.82. The summed E-state index contributed by atoms with van der Waals surface area (Å²) in [6.45, 7) is 12.4. The fourth-order valence-corrected chi connectivity index (χ4v) is 2.23.